The number of nitrogens with zero attached hydrogens (tertiary/aromatic N) is 4. The number of hydrogen-bond acceptors (Lipinski definition) is 6. The maximum atomic E-state index is 12.5. The molecule has 0 aromatic carbocycles. The first-order chi connectivity index (χ1) is 10.5. The fraction of sp³-hybridized carbons (Fsp3) is 0.273. The summed E-state index contributed by atoms with van der Waals surface area (Å²) < 4.78 is 61.1. The Bertz CT molecular complexity index is 860. The molecule has 8 nitrogen and oxygen atoms in total. The fourth-order valence-electron chi connectivity index (χ4n) is 1.53. The van der Waals surface area contributed by atoms with Gasteiger partial charge in [0.1, 0.15) is 0 Å². The second kappa shape index (κ2) is 5.61. The van der Waals surface area contributed by atoms with Gasteiger partial charge in [0, 0.05) is 25.7 Å². The summed E-state index contributed by atoms with van der Waals surface area (Å²) in [5.74, 6) is -2.71. The van der Waals surface area contributed by atoms with Crippen molar-refractivity contribution in [3.05, 3.63) is 29.8 Å². The van der Waals surface area contributed by atoms with E-state index >= 15 is 0 Å². The lowest BCUT2D eigenvalue weighted by atomic mass is 10.3. The number of alkyl halides is 3. The zero-order valence-corrected chi connectivity index (χ0v) is 12.6. The van der Waals surface area contributed by atoms with Gasteiger partial charge in [0.25, 0.3) is 11.7 Å². The Morgan fingerprint density at radius 3 is 2.48 bits per heavy atom. The maximum Gasteiger partial charge on any atom is 0.453 e. The number of amides is 1. The van der Waals surface area contributed by atoms with Gasteiger partial charge in [0.2, 0.25) is 5.95 Å². The normalized spacial score (nSPS) is 12.2. The minimum Gasteiger partial charge on any atom is -0.291 e. The highest BCUT2D eigenvalue weighted by Crippen LogP contribution is 2.27. The Balaban J connectivity index is 2.28. The van der Waals surface area contributed by atoms with E-state index in [1.54, 1.807) is 0 Å². The van der Waals surface area contributed by atoms with E-state index in [0.717, 1.165) is 29.4 Å². The van der Waals surface area contributed by atoms with E-state index in [1.807, 2.05) is 0 Å². The number of rotatable bonds is 3. The lowest BCUT2D eigenvalue weighted by molar-refractivity contribution is -0.144. The number of carbonyl (C=O) groups is 1. The largest absolute Gasteiger partial charge is 0.453 e. The topological polar surface area (TPSA) is 107 Å². The van der Waals surface area contributed by atoms with Gasteiger partial charge in [-0.15, -0.1) is 5.10 Å². The van der Waals surface area contributed by atoms with Gasteiger partial charge in [-0.25, -0.2) is 13.1 Å². The van der Waals surface area contributed by atoms with E-state index in [9.17, 15) is 26.4 Å². The molecule has 12 heteroatoms. The van der Waals surface area contributed by atoms with E-state index in [-0.39, 0.29) is 10.5 Å². The summed E-state index contributed by atoms with van der Waals surface area (Å²) >= 11 is 0. The standard InChI is InChI=1S/C11H10F3N5O3S/c1-19-10(17-9(18-19)11(12,13)14)16-8(20)6-3-7(5-15-4-6)23(2,21)22/h3-5H,1-2H3,(H,16,17,18,20). The van der Waals surface area contributed by atoms with Crippen LogP contribution in [0.2, 0.25) is 0 Å². The number of aromatic nitrogens is 4. The molecule has 0 aliphatic rings. The fourth-order valence-corrected chi connectivity index (χ4v) is 2.13. The number of carbonyl (C=O) groups excluding carboxylic acids is 1. The van der Waals surface area contributed by atoms with Gasteiger partial charge in [0.15, 0.2) is 9.84 Å². The van der Waals surface area contributed by atoms with Crippen LogP contribution in [-0.4, -0.2) is 40.3 Å². The van der Waals surface area contributed by atoms with Crippen molar-refractivity contribution in [1.82, 2.24) is 19.7 Å². The Hall–Kier alpha value is -2.50. The number of nitrogens with one attached hydrogen (secondary N) is 1. The summed E-state index contributed by atoms with van der Waals surface area (Å²) in [4.78, 5) is 18.6. The minimum atomic E-state index is -4.75. The summed E-state index contributed by atoms with van der Waals surface area (Å²) in [7, 11) is -2.41. The quantitative estimate of drug-likeness (QED) is 0.882. The molecule has 2 aromatic heterocycles. The molecule has 0 bridgehead atoms. The summed E-state index contributed by atoms with van der Waals surface area (Å²) in [6, 6.07) is 1.05. The molecule has 0 unspecified atom stereocenters. The van der Waals surface area contributed by atoms with Crippen molar-refractivity contribution < 1.29 is 26.4 Å². The zero-order valence-electron chi connectivity index (χ0n) is 11.8. The number of anilines is 1. The summed E-state index contributed by atoms with van der Waals surface area (Å²) in [5.41, 5.74) is -0.149. The molecule has 0 saturated carbocycles. The molecule has 0 spiro atoms. The highest BCUT2D eigenvalue weighted by atomic mass is 32.2. The van der Waals surface area contributed by atoms with Gasteiger partial charge in [-0.1, -0.05) is 0 Å². The molecule has 23 heavy (non-hydrogen) atoms. The smallest absolute Gasteiger partial charge is 0.291 e. The van der Waals surface area contributed by atoms with Crippen molar-refractivity contribution in [2.45, 2.75) is 11.1 Å². The first-order valence-electron chi connectivity index (χ1n) is 5.93. The zero-order chi connectivity index (χ0) is 17.4. The molecule has 0 saturated heterocycles. The number of halogens is 3. The van der Waals surface area contributed by atoms with Crippen LogP contribution in [0.25, 0.3) is 0 Å². The summed E-state index contributed by atoms with van der Waals surface area (Å²) in [5, 5.41) is 5.25. The van der Waals surface area contributed by atoms with Crippen LogP contribution < -0.4 is 5.32 Å². The number of sulfone groups is 1. The third kappa shape index (κ3) is 3.83. The molecule has 1 N–H and O–H groups in total. The van der Waals surface area contributed by atoms with E-state index in [2.05, 4.69) is 20.4 Å². The second-order valence-electron chi connectivity index (χ2n) is 4.52. The van der Waals surface area contributed by atoms with Crippen molar-refractivity contribution in [3.8, 4) is 0 Å². The van der Waals surface area contributed by atoms with Crippen LogP contribution in [-0.2, 0) is 23.1 Å². The molecule has 124 valence electrons. The van der Waals surface area contributed by atoms with Crippen molar-refractivity contribution in [2.75, 3.05) is 11.6 Å². The molecule has 0 fully saturated rings. The SMILES string of the molecule is Cn1nc(C(F)(F)F)nc1NC(=O)c1cncc(S(C)(=O)=O)c1. The van der Waals surface area contributed by atoms with Gasteiger partial charge in [-0.05, 0) is 6.07 Å². The average Bonchev–Trinajstić information content (AvgIpc) is 2.79. The molecule has 0 radical (unpaired) electrons. The highest BCUT2D eigenvalue weighted by Gasteiger charge is 2.37. The number of aryl methyl sites for hydroxylation is 1. The van der Waals surface area contributed by atoms with Crippen molar-refractivity contribution in [3.63, 3.8) is 0 Å². The van der Waals surface area contributed by atoms with Crippen LogP contribution in [0.4, 0.5) is 19.1 Å². The lowest BCUT2D eigenvalue weighted by Crippen LogP contribution is -2.16. The summed E-state index contributed by atoms with van der Waals surface area (Å²) in [6.07, 6.45) is -1.69. The van der Waals surface area contributed by atoms with Crippen molar-refractivity contribution in [2.24, 2.45) is 7.05 Å². The number of hydrogen-bond donors (Lipinski definition) is 1. The highest BCUT2D eigenvalue weighted by molar-refractivity contribution is 7.90. The van der Waals surface area contributed by atoms with Gasteiger partial charge >= 0.3 is 6.18 Å². The molecule has 1 amide bonds. The summed E-state index contributed by atoms with van der Waals surface area (Å²) in [6.45, 7) is 0. The molecule has 0 aliphatic heterocycles. The van der Waals surface area contributed by atoms with Crippen LogP contribution >= 0.6 is 0 Å². The molecule has 0 atom stereocenters. The molecule has 2 rings (SSSR count). The second-order valence-corrected chi connectivity index (χ2v) is 6.53. The molecular weight excluding hydrogens is 339 g/mol. The van der Waals surface area contributed by atoms with Crippen molar-refractivity contribution >= 4 is 21.7 Å². The Kier molecular flexibility index (Phi) is 4.11. The molecule has 0 aliphatic carbocycles. The van der Waals surface area contributed by atoms with Crippen LogP contribution in [0.3, 0.4) is 0 Å². The van der Waals surface area contributed by atoms with Gasteiger partial charge in [-0.3, -0.25) is 15.1 Å². The van der Waals surface area contributed by atoms with Gasteiger partial charge in [0.05, 0.1) is 10.5 Å². The third-order valence-corrected chi connectivity index (χ3v) is 3.72. The predicted octanol–water partition coefficient (Wildman–Crippen LogP) is 0.885. The third-order valence-electron chi connectivity index (χ3n) is 2.65. The van der Waals surface area contributed by atoms with E-state index < -0.39 is 33.7 Å². The number of pyridine rings is 1. The van der Waals surface area contributed by atoms with Gasteiger partial charge < -0.3 is 0 Å². The molecule has 2 aromatic rings. The maximum absolute atomic E-state index is 12.5. The monoisotopic (exact) mass is 349 g/mol. The molecule has 2 heterocycles. The van der Waals surface area contributed by atoms with E-state index in [0.29, 0.717) is 0 Å². The Morgan fingerprint density at radius 2 is 1.96 bits per heavy atom. The van der Waals surface area contributed by atoms with Crippen LogP contribution in [0.15, 0.2) is 23.4 Å². The first kappa shape index (κ1) is 16.9. The Labute approximate surface area is 128 Å². The van der Waals surface area contributed by atoms with E-state index in [1.165, 1.54) is 7.05 Å². The van der Waals surface area contributed by atoms with Crippen molar-refractivity contribution in [1.29, 1.82) is 0 Å². The predicted molar refractivity (Wildman–Crippen MR) is 71.3 cm³/mol. The van der Waals surface area contributed by atoms with Crippen LogP contribution in [0.1, 0.15) is 16.2 Å². The minimum absolute atomic E-state index is 0.149. The lowest BCUT2D eigenvalue weighted by Gasteiger charge is -2.04. The Morgan fingerprint density at radius 1 is 1.30 bits per heavy atom. The van der Waals surface area contributed by atoms with Crippen LogP contribution in [0, 0.1) is 0 Å². The van der Waals surface area contributed by atoms with E-state index in [4.69, 9.17) is 0 Å². The van der Waals surface area contributed by atoms with Crippen LogP contribution in [0.5, 0.6) is 0 Å². The average molecular weight is 349 g/mol. The molecular formula is C11H10F3N5O3S. The van der Waals surface area contributed by atoms with Gasteiger partial charge in [-0.2, -0.15) is 18.2 Å². The first-order valence-corrected chi connectivity index (χ1v) is 7.82.